The lowest BCUT2D eigenvalue weighted by atomic mass is 9.96. The third-order valence-electron chi connectivity index (χ3n) is 6.93. The molecule has 3 rings (SSSR count). The highest BCUT2D eigenvalue weighted by atomic mass is 32.2. The molecule has 0 saturated carbocycles. The number of benzene rings is 2. The van der Waals surface area contributed by atoms with Crippen LogP contribution in [0.25, 0.3) is 0 Å². The van der Waals surface area contributed by atoms with Crippen LogP contribution >= 0.6 is 11.8 Å². The van der Waals surface area contributed by atoms with E-state index in [-0.39, 0.29) is 29.5 Å². The van der Waals surface area contributed by atoms with Crippen molar-refractivity contribution in [2.45, 2.75) is 89.8 Å². The molecular weight excluding hydrogens is 542 g/mol. The minimum Gasteiger partial charge on any atom is -0.508 e. The molecule has 0 radical (unpaired) electrons. The molecule has 2 aromatic rings. The van der Waals surface area contributed by atoms with Crippen molar-refractivity contribution in [1.82, 2.24) is 15.5 Å². The van der Waals surface area contributed by atoms with Gasteiger partial charge in [-0.1, -0.05) is 25.1 Å². The molecule has 1 saturated heterocycles. The van der Waals surface area contributed by atoms with Crippen LogP contribution < -0.4 is 15.4 Å². The summed E-state index contributed by atoms with van der Waals surface area (Å²) in [6, 6.07) is 10.1. The topological polar surface area (TPSA) is 128 Å². The Bertz CT molecular complexity index is 1240. The lowest BCUT2D eigenvalue weighted by Gasteiger charge is -2.35. The first kappa shape index (κ1) is 32.3. The highest BCUT2D eigenvalue weighted by Gasteiger charge is 2.50. The molecule has 1 fully saturated rings. The van der Waals surface area contributed by atoms with Crippen molar-refractivity contribution >= 4 is 29.5 Å². The van der Waals surface area contributed by atoms with E-state index in [1.807, 2.05) is 65.8 Å². The minimum atomic E-state index is -1.63. The first-order chi connectivity index (χ1) is 19.1. The van der Waals surface area contributed by atoms with E-state index in [0.29, 0.717) is 17.9 Å². The second-order valence-corrected chi connectivity index (χ2v) is 13.6. The van der Waals surface area contributed by atoms with Crippen LogP contribution in [0.2, 0.25) is 0 Å². The second kappa shape index (κ2) is 13.2. The minimum absolute atomic E-state index is 0.0301. The van der Waals surface area contributed by atoms with Crippen LogP contribution in [0, 0.1) is 6.92 Å². The van der Waals surface area contributed by atoms with Crippen LogP contribution in [-0.4, -0.2) is 73.8 Å². The van der Waals surface area contributed by atoms with E-state index in [1.165, 1.54) is 22.7 Å². The van der Waals surface area contributed by atoms with Crippen molar-refractivity contribution in [2.75, 3.05) is 12.5 Å². The molecule has 0 bridgehead atoms. The highest BCUT2D eigenvalue weighted by molar-refractivity contribution is 8.00. The molecule has 2 aromatic carbocycles. The van der Waals surface area contributed by atoms with Gasteiger partial charge in [0, 0.05) is 21.4 Å². The van der Waals surface area contributed by atoms with E-state index in [0.717, 1.165) is 12.0 Å². The quantitative estimate of drug-likeness (QED) is 0.334. The zero-order chi connectivity index (χ0) is 30.5. The maximum Gasteiger partial charge on any atom is 0.254 e. The number of nitrogens with zero attached hydrogens (tertiary/aromatic N) is 1. The SMILES string of the molecule is CCCOc1ccc(C[C@H](NC(=O)c2cccc(O)c2C)[C@H](O)C(=O)N2CSC(C)(C)[C@H]2C(=O)NC(C)(C)C)cc1. The van der Waals surface area contributed by atoms with Crippen LogP contribution in [0.5, 0.6) is 11.5 Å². The Hall–Kier alpha value is -3.24. The second-order valence-electron chi connectivity index (χ2n) is 12.0. The molecule has 1 aliphatic heterocycles. The maximum atomic E-state index is 13.8. The first-order valence-corrected chi connectivity index (χ1v) is 14.9. The number of carbonyl (C=O) groups excluding carboxylic acids is 3. The molecular formula is C31H43N3O6S. The average Bonchev–Trinajstić information content (AvgIpc) is 3.22. The highest BCUT2D eigenvalue weighted by Crippen LogP contribution is 2.40. The lowest BCUT2D eigenvalue weighted by Crippen LogP contribution is -2.60. The summed E-state index contributed by atoms with van der Waals surface area (Å²) in [5, 5.41) is 27.4. The number of phenols is 1. The number of hydrogen-bond donors (Lipinski definition) is 4. The molecule has 3 amide bonds. The summed E-state index contributed by atoms with van der Waals surface area (Å²) in [4.78, 5) is 41.9. The average molecular weight is 586 g/mol. The largest absolute Gasteiger partial charge is 0.508 e. The molecule has 41 heavy (non-hydrogen) atoms. The fraction of sp³-hybridized carbons (Fsp3) is 0.516. The number of aromatic hydroxyl groups is 1. The number of carbonyl (C=O) groups is 3. The molecule has 1 heterocycles. The summed E-state index contributed by atoms with van der Waals surface area (Å²) in [7, 11) is 0. The van der Waals surface area contributed by atoms with Crippen molar-refractivity contribution < 1.29 is 29.3 Å². The Labute approximate surface area is 247 Å². The molecule has 1 aliphatic rings. The Morgan fingerprint density at radius 3 is 2.41 bits per heavy atom. The van der Waals surface area contributed by atoms with E-state index in [1.54, 1.807) is 19.1 Å². The van der Waals surface area contributed by atoms with Gasteiger partial charge in [0.25, 0.3) is 11.8 Å². The third-order valence-corrected chi connectivity index (χ3v) is 8.30. The number of hydrogen-bond acceptors (Lipinski definition) is 7. The number of aliphatic hydroxyl groups is 1. The first-order valence-electron chi connectivity index (χ1n) is 13.9. The van der Waals surface area contributed by atoms with Gasteiger partial charge in [-0.15, -0.1) is 11.8 Å². The Morgan fingerprint density at radius 1 is 1.15 bits per heavy atom. The fourth-order valence-electron chi connectivity index (χ4n) is 4.75. The summed E-state index contributed by atoms with van der Waals surface area (Å²) < 4.78 is 5.07. The van der Waals surface area contributed by atoms with Gasteiger partial charge >= 0.3 is 0 Å². The number of ether oxygens (including phenoxy) is 1. The summed E-state index contributed by atoms with van der Waals surface area (Å²) in [5.41, 5.74) is 0.893. The van der Waals surface area contributed by atoms with E-state index in [4.69, 9.17) is 4.74 Å². The van der Waals surface area contributed by atoms with Gasteiger partial charge in [0.2, 0.25) is 5.91 Å². The molecule has 224 valence electrons. The van der Waals surface area contributed by atoms with E-state index >= 15 is 0 Å². The Balaban J connectivity index is 1.90. The maximum absolute atomic E-state index is 13.8. The van der Waals surface area contributed by atoms with Gasteiger partial charge in [-0.25, -0.2) is 0 Å². The van der Waals surface area contributed by atoms with Gasteiger partial charge in [-0.05, 0) is 84.2 Å². The smallest absolute Gasteiger partial charge is 0.254 e. The van der Waals surface area contributed by atoms with Crippen LogP contribution in [0.4, 0.5) is 0 Å². The number of aliphatic hydroxyl groups excluding tert-OH is 1. The summed E-state index contributed by atoms with van der Waals surface area (Å²) in [5.74, 6) is -0.577. The third kappa shape index (κ3) is 8.16. The predicted molar refractivity (Wildman–Crippen MR) is 161 cm³/mol. The lowest BCUT2D eigenvalue weighted by molar-refractivity contribution is -0.147. The zero-order valence-corrected chi connectivity index (χ0v) is 25.8. The zero-order valence-electron chi connectivity index (χ0n) is 25.0. The monoisotopic (exact) mass is 585 g/mol. The van der Waals surface area contributed by atoms with Crippen LogP contribution in [0.1, 0.15) is 69.4 Å². The van der Waals surface area contributed by atoms with Crippen molar-refractivity contribution in [1.29, 1.82) is 0 Å². The van der Waals surface area contributed by atoms with Crippen molar-refractivity contribution in [3.05, 3.63) is 59.2 Å². The molecule has 4 N–H and O–H groups in total. The predicted octanol–water partition coefficient (Wildman–Crippen LogP) is 3.79. The van der Waals surface area contributed by atoms with Gasteiger partial charge in [0.05, 0.1) is 18.5 Å². The Kier molecular flexibility index (Phi) is 10.4. The van der Waals surface area contributed by atoms with Gasteiger partial charge in [-0.3, -0.25) is 14.4 Å². The molecule has 0 spiro atoms. The number of phenolic OH excluding ortho intramolecular Hbond substituents is 1. The van der Waals surface area contributed by atoms with Crippen molar-refractivity contribution in [2.24, 2.45) is 0 Å². The number of rotatable bonds is 10. The van der Waals surface area contributed by atoms with Gasteiger partial charge in [0.1, 0.15) is 17.5 Å². The Morgan fingerprint density at radius 2 is 1.80 bits per heavy atom. The summed E-state index contributed by atoms with van der Waals surface area (Å²) in [6.45, 7) is 13.6. The number of thioether (sulfide) groups is 1. The van der Waals surface area contributed by atoms with Crippen molar-refractivity contribution in [3.63, 3.8) is 0 Å². The molecule has 9 nitrogen and oxygen atoms in total. The standard InChI is InChI=1S/C31H43N3O6S/c1-8-16-40-21-14-12-20(13-15-21)17-23(32-27(37)22-10-9-11-24(35)19(22)2)25(36)29(39)34-18-41-31(6,7)26(34)28(38)33-30(3,4)5/h9-15,23,25-26,35-36H,8,16-18H2,1-7H3,(H,32,37)(H,33,38)/t23-,25-,26+/m0/s1. The summed E-state index contributed by atoms with van der Waals surface area (Å²) in [6.07, 6.45) is -0.612. The molecule has 3 atom stereocenters. The molecule has 0 unspecified atom stereocenters. The van der Waals surface area contributed by atoms with E-state index < -0.39 is 40.3 Å². The number of amides is 3. The van der Waals surface area contributed by atoms with Gasteiger partial charge in [0.15, 0.2) is 6.10 Å². The van der Waals surface area contributed by atoms with Crippen LogP contribution in [0.15, 0.2) is 42.5 Å². The summed E-state index contributed by atoms with van der Waals surface area (Å²) >= 11 is 1.46. The molecule has 10 heteroatoms. The van der Waals surface area contributed by atoms with E-state index in [2.05, 4.69) is 10.6 Å². The normalized spacial score (nSPS) is 18.0. The van der Waals surface area contributed by atoms with E-state index in [9.17, 15) is 24.6 Å². The van der Waals surface area contributed by atoms with Gasteiger partial charge < -0.3 is 30.5 Å². The van der Waals surface area contributed by atoms with Gasteiger partial charge in [-0.2, -0.15) is 0 Å². The van der Waals surface area contributed by atoms with Crippen LogP contribution in [-0.2, 0) is 16.0 Å². The molecule has 0 aromatic heterocycles. The fourth-order valence-corrected chi connectivity index (χ4v) is 5.89. The molecule has 0 aliphatic carbocycles. The van der Waals surface area contributed by atoms with Crippen molar-refractivity contribution in [3.8, 4) is 11.5 Å². The van der Waals surface area contributed by atoms with Crippen LogP contribution in [0.3, 0.4) is 0 Å². The number of nitrogens with one attached hydrogen (secondary N) is 2.